The van der Waals surface area contributed by atoms with Crippen LogP contribution in [-0.2, 0) is 7.05 Å². The van der Waals surface area contributed by atoms with E-state index >= 15 is 0 Å². The first-order valence-corrected chi connectivity index (χ1v) is 8.83. The number of hydrogen-bond acceptors (Lipinski definition) is 4. The van der Waals surface area contributed by atoms with Gasteiger partial charge >= 0.3 is 0 Å². The van der Waals surface area contributed by atoms with Crippen molar-refractivity contribution in [3.63, 3.8) is 0 Å². The van der Waals surface area contributed by atoms with E-state index < -0.39 is 0 Å². The zero-order valence-corrected chi connectivity index (χ0v) is 15.1. The minimum absolute atomic E-state index is 0.228. The molecule has 6 heteroatoms. The lowest BCUT2D eigenvalue weighted by Gasteiger charge is -2.07. The second kappa shape index (κ2) is 6.35. The standard InChI is InChI=1S/C22H16N4O2/c1-26-13-19(12-24-26)15-3-5-17-11-23-21(10-18(17)8-15)25-22(27)16-4-2-14-6-7-28-20(14)9-16/h2-13H,1H3,(H,23,25,27). The Labute approximate surface area is 160 Å². The molecule has 0 bridgehead atoms. The maximum Gasteiger partial charge on any atom is 0.256 e. The molecule has 0 fully saturated rings. The summed E-state index contributed by atoms with van der Waals surface area (Å²) in [5.41, 5.74) is 3.31. The second-order valence-electron chi connectivity index (χ2n) is 6.66. The van der Waals surface area contributed by atoms with Gasteiger partial charge in [-0.2, -0.15) is 5.10 Å². The Morgan fingerprint density at radius 2 is 1.86 bits per heavy atom. The summed E-state index contributed by atoms with van der Waals surface area (Å²) < 4.78 is 7.14. The molecule has 0 saturated heterocycles. The zero-order chi connectivity index (χ0) is 19.1. The number of aromatic nitrogens is 3. The number of nitrogens with zero attached hydrogens (tertiary/aromatic N) is 3. The molecule has 0 aliphatic heterocycles. The number of pyridine rings is 1. The van der Waals surface area contributed by atoms with Gasteiger partial charge in [0, 0.05) is 41.3 Å². The first-order valence-electron chi connectivity index (χ1n) is 8.83. The Morgan fingerprint density at radius 1 is 0.964 bits per heavy atom. The first-order chi connectivity index (χ1) is 13.7. The van der Waals surface area contributed by atoms with Crippen molar-refractivity contribution in [3.05, 3.63) is 78.9 Å². The molecule has 2 aromatic carbocycles. The number of anilines is 1. The van der Waals surface area contributed by atoms with Crippen LogP contribution in [0.3, 0.4) is 0 Å². The zero-order valence-electron chi connectivity index (χ0n) is 15.1. The van der Waals surface area contributed by atoms with E-state index in [-0.39, 0.29) is 5.91 Å². The van der Waals surface area contributed by atoms with Crippen LogP contribution in [0.15, 0.2) is 77.8 Å². The molecule has 6 nitrogen and oxygen atoms in total. The van der Waals surface area contributed by atoms with E-state index in [0.29, 0.717) is 17.0 Å². The van der Waals surface area contributed by atoms with Crippen molar-refractivity contribution in [1.82, 2.24) is 14.8 Å². The maximum atomic E-state index is 12.6. The quantitative estimate of drug-likeness (QED) is 0.504. The number of nitrogens with one attached hydrogen (secondary N) is 1. The summed E-state index contributed by atoms with van der Waals surface area (Å²) in [7, 11) is 1.89. The monoisotopic (exact) mass is 368 g/mol. The van der Waals surface area contributed by atoms with Crippen LogP contribution >= 0.6 is 0 Å². The van der Waals surface area contributed by atoms with Gasteiger partial charge in [0.05, 0.1) is 12.5 Å². The lowest BCUT2D eigenvalue weighted by atomic mass is 10.1. The summed E-state index contributed by atoms with van der Waals surface area (Å²) in [6, 6.07) is 15.2. The van der Waals surface area contributed by atoms with Crippen LogP contribution in [0, 0.1) is 0 Å². The van der Waals surface area contributed by atoms with Crippen LogP contribution in [-0.4, -0.2) is 20.7 Å². The minimum atomic E-state index is -0.228. The molecular formula is C22H16N4O2. The highest BCUT2D eigenvalue weighted by Gasteiger charge is 2.10. The minimum Gasteiger partial charge on any atom is -0.464 e. The molecule has 0 atom stereocenters. The summed E-state index contributed by atoms with van der Waals surface area (Å²) in [6.45, 7) is 0. The van der Waals surface area contributed by atoms with E-state index in [0.717, 1.165) is 27.3 Å². The number of benzene rings is 2. The summed E-state index contributed by atoms with van der Waals surface area (Å²) in [5.74, 6) is 0.272. The fourth-order valence-electron chi connectivity index (χ4n) is 3.24. The van der Waals surface area contributed by atoms with Crippen LogP contribution in [0.2, 0.25) is 0 Å². The van der Waals surface area contributed by atoms with E-state index in [1.165, 1.54) is 0 Å². The van der Waals surface area contributed by atoms with Crippen molar-refractivity contribution in [2.24, 2.45) is 7.05 Å². The largest absolute Gasteiger partial charge is 0.464 e. The highest BCUT2D eigenvalue weighted by Crippen LogP contribution is 2.25. The fourth-order valence-corrected chi connectivity index (χ4v) is 3.24. The van der Waals surface area contributed by atoms with Crippen LogP contribution in [0.25, 0.3) is 32.9 Å². The Kier molecular flexibility index (Phi) is 3.69. The third-order valence-corrected chi connectivity index (χ3v) is 4.72. The third kappa shape index (κ3) is 2.91. The van der Waals surface area contributed by atoms with Gasteiger partial charge in [-0.15, -0.1) is 0 Å². The van der Waals surface area contributed by atoms with Crippen molar-refractivity contribution >= 4 is 33.5 Å². The number of amides is 1. The predicted molar refractivity (Wildman–Crippen MR) is 108 cm³/mol. The normalized spacial score (nSPS) is 11.2. The smallest absolute Gasteiger partial charge is 0.256 e. The van der Waals surface area contributed by atoms with E-state index in [1.807, 2.05) is 49.8 Å². The van der Waals surface area contributed by atoms with Crippen molar-refractivity contribution in [3.8, 4) is 11.1 Å². The second-order valence-corrected chi connectivity index (χ2v) is 6.66. The molecule has 136 valence electrons. The van der Waals surface area contributed by atoms with Crippen LogP contribution < -0.4 is 5.32 Å². The molecule has 3 aromatic heterocycles. The lowest BCUT2D eigenvalue weighted by molar-refractivity contribution is 0.102. The number of rotatable bonds is 3. The van der Waals surface area contributed by atoms with Crippen LogP contribution in [0.1, 0.15) is 10.4 Å². The summed E-state index contributed by atoms with van der Waals surface area (Å²) in [5, 5.41) is 10.0. The molecule has 3 heterocycles. The van der Waals surface area contributed by atoms with Crippen molar-refractivity contribution in [2.75, 3.05) is 5.32 Å². The third-order valence-electron chi connectivity index (χ3n) is 4.72. The van der Waals surface area contributed by atoms with E-state index in [2.05, 4.69) is 21.5 Å². The van der Waals surface area contributed by atoms with Gasteiger partial charge < -0.3 is 9.73 Å². The molecular weight excluding hydrogens is 352 g/mol. The number of aryl methyl sites for hydroxylation is 1. The molecule has 1 amide bonds. The van der Waals surface area contributed by atoms with Gasteiger partial charge in [0.1, 0.15) is 11.4 Å². The van der Waals surface area contributed by atoms with E-state index in [9.17, 15) is 4.79 Å². The van der Waals surface area contributed by atoms with Gasteiger partial charge in [-0.05, 0) is 41.3 Å². The molecule has 28 heavy (non-hydrogen) atoms. The van der Waals surface area contributed by atoms with Gasteiger partial charge in [-0.25, -0.2) is 4.98 Å². The summed E-state index contributed by atoms with van der Waals surface area (Å²) in [6.07, 6.45) is 7.16. The van der Waals surface area contributed by atoms with Gasteiger partial charge in [0.15, 0.2) is 0 Å². The van der Waals surface area contributed by atoms with Gasteiger partial charge in [0.2, 0.25) is 0 Å². The summed E-state index contributed by atoms with van der Waals surface area (Å²) >= 11 is 0. The molecule has 5 aromatic rings. The maximum absolute atomic E-state index is 12.6. The van der Waals surface area contributed by atoms with Crippen molar-refractivity contribution in [1.29, 1.82) is 0 Å². The lowest BCUT2D eigenvalue weighted by Crippen LogP contribution is -2.12. The van der Waals surface area contributed by atoms with E-state index in [1.54, 1.807) is 29.3 Å². The number of carbonyl (C=O) groups is 1. The first kappa shape index (κ1) is 16.3. The number of carbonyl (C=O) groups excluding carboxylic acids is 1. The molecule has 0 aliphatic rings. The number of fused-ring (bicyclic) bond motifs is 2. The number of hydrogen-bond donors (Lipinski definition) is 1. The summed E-state index contributed by atoms with van der Waals surface area (Å²) in [4.78, 5) is 17.0. The molecule has 1 N–H and O–H groups in total. The average molecular weight is 368 g/mol. The van der Waals surface area contributed by atoms with Crippen LogP contribution in [0.4, 0.5) is 5.82 Å². The van der Waals surface area contributed by atoms with Crippen molar-refractivity contribution < 1.29 is 9.21 Å². The van der Waals surface area contributed by atoms with Gasteiger partial charge in [0.25, 0.3) is 5.91 Å². The highest BCUT2D eigenvalue weighted by atomic mass is 16.3. The fraction of sp³-hybridized carbons (Fsp3) is 0.0455. The highest BCUT2D eigenvalue weighted by molar-refractivity contribution is 6.06. The topological polar surface area (TPSA) is 73.0 Å². The molecule has 5 rings (SSSR count). The molecule has 0 aliphatic carbocycles. The molecule has 0 unspecified atom stereocenters. The molecule has 0 radical (unpaired) electrons. The van der Waals surface area contributed by atoms with Gasteiger partial charge in [-0.3, -0.25) is 9.48 Å². The average Bonchev–Trinajstić information content (AvgIpc) is 3.35. The van der Waals surface area contributed by atoms with Crippen molar-refractivity contribution in [2.45, 2.75) is 0 Å². The molecule has 0 spiro atoms. The Hall–Kier alpha value is -3.93. The Balaban J connectivity index is 1.45. The van der Waals surface area contributed by atoms with Gasteiger partial charge in [-0.1, -0.05) is 18.2 Å². The predicted octanol–water partition coefficient (Wildman–Crippen LogP) is 4.63. The molecule has 0 saturated carbocycles. The SMILES string of the molecule is Cn1cc(-c2ccc3cnc(NC(=O)c4ccc5ccoc5c4)cc3c2)cn1. The van der Waals surface area contributed by atoms with Crippen LogP contribution in [0.5, 0.6) is 0 Å². The Bertz CT molecular complexity index is 1330. The number of furan rings is 1. The van der Waals surface area contributed by atoms with E-state index in [4.69, 9.17) is 4.42 Å². The Morgan fingerprint density at radius 3 is 2.71 bits per heavy atom.